The van der Waals surface area contributed by atoms with Gasteiger partial charge in [0.05, 0.1) is 6.20 Å². The maximum absolute atomic E-state index is 6.00. The largest absolute Gasteiger partial charge is 0.339 e. The van der Waals surface area contributed by atoms with Gasteiger partial charge in [0, 0.05) is 22.9 Å². The first-order valence-electron chi connectivity index (χ1n) is 7.31. The number of halogens is 1. The second-order valence-electron chi connectivity index (χ2n) is 4.86. The summed E-state index contributed by atoms with van der Waals surface area (Å²) < 4.78 is 0. The number of benzene rings is 2. The predicted octanol–water partition coefficient (Wildman–Crippen LogP) is 4.43. The Morgan fingerprint density at radius 1 is 1.09 bits per heavy atom. The molecule has 0 spiro atoms. The zero-order valence-corrected chi connectivity index (χ0v) is 13.4. The van der Waals surface area contributed by atoms with E-state index in [1.165, 1.54) is 0 Å². The fourth-order valence-electron chi connectivity index (χ4n) is 2.23. The number of para-hydroxylation sites is 1. The Hall–Kier alpha value is -2.66. The standard InChI is InChI=1S/C17H16ClN5/c1-2-23(15-9-4-3-5-10-15)17-21-16(12-19-22-17)20-14-8-6-7-13(18)11-14/h3-12H,2H2,1H3,(H,20,21,22). The van der Waals surface area contributed by atoms with Gasteiger partial charge in [-0.05, 0) is 37.3 Å². The minimum Gasteiger partial charge on any atom is -0.339 e. The summed E-state index contributed by atoms with van der Waals surface area (Å²) in [5.41, 5.74) is 1.88. The third kappa shape index (κ3) is 3.76. The van der Waals surface area contributed by atoms with Crippen LogP contribution in [0, 0.1) is 0 Å². The number of nitrogens with zero attached hydrogens (tertiary/aromatic N) is 4. The lowest BCUT2D eigenvalue weighted by molar-refractivity contribution is 0.887. The SMILES string of the molecule is CCN(c1ccccc1)c1nncc(Nc2cccc(Cl)c2)n1. The highest BCUT2D eigenvalue weighted by molar-refractivity contribution is 6.30. The number of aromatic nitrogens is 3. The Balaban J connectivity index is 1.87. The van der Waals surface area contributed by atoms with Crippen LogP contribution in [0.15, 0.2) is 60.8 Å². The van der Waals surface area contributed by atoms with Crippen molar-refractivity contribution in [2.45, 2.75) is 6.92 Å². The van der Waals surface area contributed by atoms with Gasteiger partial charge in [-0.15, -0.1) is 5.10 Å². The molecule has 1 aromatic heterocycles. The Morgan fingerprint density at radius 2 is 1.91 bits per heavy atom. The van der Waals surface area contributed by atoms with Gasteiger partial charge >= 0.3 is 0 Å². The van der Waals surface area contributed by atoms with Crippen molar-refractivity contribution in [2.24, 2.45) is 0 Å². The Bertz CT molecular complexity index is 779. The second-order valence-corrected chi connectivity index (χ2v) is 5.29. The summed E-state index contributed by atoms with van der Waals surface area (Å²) in [5, 5.41) is 12.0. The molecule has 0 saturated heterocycles. The van der Waals surface area contributed by atoms with Gasteiger partial charge in [0.2, 0.25) is 0 Å². The lowest BCUT2D eigenvalue weighted by atomic mass is 10.3. The molecule has 0 fully saturated rings. The van der Waals surface area contributed by atoms with Crippen LogP contribution in [0.5, 0.6) is 0 Å². The van der Waals surface area contributed by atoms with Gasteiger partial charge in [-0.25, -0.2) is 0 Å². The van der Waals surface area contributed by atoms with Gasteiger partial charge in [0.1, 0.15) is 0 Å². The highest BCUT2D eigenvalue weighted by Gasteiger charge is 2.11. The first-order valence-corrected chi connectivity index (χ1v) is 7.69. The second kappa shape index (κ2) is 7.07. The highest BCUT2D eigenvalue weighted by Crippen LogP contribution is 2.23. The number of hydrogen-bond donors (Lipinski definition) is 1. The van der Waals surface area contributed by atoms with Crippen molar-refractivity contribution < 1.29 is 0 Å². The molecule has 0 aliphatic heterocycles. The van der Waals surface area contributed by atoms with E-state index in [1.54, 1.807) is 6.20 Å². The number of hydrogen-bond acceptors (Lipinski definition) is 5. The van der Waals surface area contributed by atoms with Crippen LogP contribution < -0.4 is 10.2 Å². The van der Waals surface area contributed by atoms with Crippen LogP contribution in [-0.2, 0) is 0 Å². The van der Waals surface area contributed by atoms with Crippen molar-refractivity contribution in [1.29, 1.82) is 0 Å². The van der Waals surface area contributed by atoms with Crippen molar-refractivity contribution in [3.05, 3.63) is 65.8 Å². The van der Waals surface area contributed by atoms with E-state index in [0.717, 1.165) is 17.9 Å². The van der Waals surface area contributed by atoms with Crippen molar-refractivity contribution in [1.82, 2.24) is 15.2 Å². The molecule has 1 N–H and O–H groups in total. The molecule has 0 atom stereocenters. The topological polar surface area (TPSA) is 53.9 Å². The molecule has 1 heterocycles. The monoisotopic (exact) mass is 325 g/mol. The maximum Gasteiger partial charge on any atom is 0.251 e. The Kier molecular flexibility index (Phi) is 4.68. The van der Waals surface area contributed by atoms with Crippen molar-refractivity contribution in [3.63, 3.8) is 0 Å². The molecule has 0 bridgehead atoms. The smallest absolute Gasteiger partial charge is 0.251 e. The van der Waals surface area contributed by atoms with E-state index in [9.17, 15) is 0 Å². The summed E-state index contributed by atoms with van der Waals surface area (Å²) in [6, 6.07) is 17.4. The van der Waals surface area contributed by atoms with Crippen molar-refractivity contribution in [2.75, 3.05) is 16.8 Å². The fraction of sp³-hybridized carbons (Fsp3) is 0.118. The van der Waals surface area contributed by atoms with Crippen LogP contribution in [-0.4, -0.2) is 21.7 Å². The van der Waals surface area contributed by atoms with E-state index in [2.05, 4.69) is 20.5 Å². The number of nitrogens with one attached hydrogen (secondary N) is 1. The average molecular weight is 326 g/mol. The molecule has 6 heteroatoms. The van der Waals surface area contributed by atoms with E-state index in [-0.39, 0.29) is 0 Å². The maximum atomic E-state index is 6.00. The van der Waals surface area contributed by atoms with Gasteiger partial charge in [-0.3, -0.25) is 0 Å². The quantitative estimate of drug-likeness (QED) is 0.752. The molecule has 2 aromatic carbocycles. The molecular weight excluding hydrogens is 310 g/mol. The lowest BCUT2D eigenvalue weighted by Gasteiger charge is -2.20. The molecule has 23 heavy (non-hydrogen) atoms. The molecule has 0 aliphatic rings. The lowest BCUT2D eigenvalue weighted by Crippen LogP contribution is -2.19. The summed E-state index contributed by atoms with van der Waals surface area (Å²) in [5.74, 6) is 1.16. The van der Waals surface area contributed by atoms with E-state index < -0.39 is 0 Å². The Labute approximate surface area is 140 Å². The van der Waals surface area contributed by atoms with Gasteiger partial charge in [-0.2, -0.15) is 10.1 Å². The molecule has 0 aliphatic carbocycles. The van der Waals surface area contributed by atoms with Gasteiger partial charge in [-0.1, -0.05) is 35.9 Å². The van der Waals surface area contributed by atoms with Crippen LogP contribution in [0.4, 0.5) is 23.1 Å². The van der Waals surface area contributed by atoms with Crippen LogP contribution in [0.1, 0.15) is 6.92 Å². The van der Waals surface area contributed by atoms with Gasteiger partial charge < -0.3 is 10.2 Å². The zero-order valence-electron chi connectivity index (χ0n) is 12.6. The third-order valence-electron chi connectivity index (χ3n) is 3.27. The summed E-state index contributed by atoms with van der Waals surface area (Å²) >= 11 is 6.00. The number of anilines is 4. The number of rotatable bonds is 5. The molecule has 116 valence electrons. The van der Waals surface area contributed by atoms with E-state index >= 15 is 0 Å². The third-order valence-corrected chi connectivity index (χ3v) is 3.51. The molecule has 0 radical (unpaired) electrons. The fourth-order valence-corrected chi connectivity index (χ4v) is 2.42. The molecule has 3 rings (SSSR count). The molecular formula is C17H16ClN5. The van der Waals surface area contributed by atoms with E-state index in [1.807, 2.05) is 66.4 Å². The van der Waals surface area contributed by atoms with Gasteiger partial charge in [0.25, 0.3) is 5.95 Å². The minimum absolute atomic E-state index is 0.547. The average Bonchev–Trinajstić information content (AvgIpc) is 2.57. The van der Waals surface area contributed by atoms with Crippen LogP contribution in [0.25, 0.3) is 0 Å². The highest BCUT2D eigenvalue weighted by atomic mass is 35.5. The van der Waals surface area contributed by atoms with Crippen molar-refractivity contribution >= 4 is 34.7 Å². The van der Waals surface area contributed by atoms with Gasteiger partial charge in [0.15, 0.2) is 5.82 Å². The molecule has 5 nitrogen and oxygen atoms in total. The first-order chi connectivity index (χ1) is 11.3. The van der Waals surface area contributed by atoms with Crippen LogP contribution in [0.2, 0.25) is 5.02 Å². The molecule has 0 amide bonds. The van der Waals surface area contributed by atoms with Crippen LogP contribution >= 0.6 is 11.6 Å². The van der Waals surface area contributed by atoms with Crippen molar-refractivity contribution in [3.8, 4) is 0 Å². The Morgan fingerprint density at radius 3 is 2.65 bits per heavy atom. The van der Waals surface area contributed by atoms with E-state index in [0.29, 0.717) is 16.8 Å². The van der Waals surface area contributed by atoms with E-state index in [4.69, 9.17) is 11.6 Å². The normalized spacial score (nSPS) is 10.3. The molecule has 3 aromatic rings. The summed E-state index contributed by atoms with van der Waals surface area (Å²) in [4.78, 5) is 6.54. The molecule has 0 unspecified atom stereocenters. The summed E-state index contributed by atoms with van der Waals surface area (Å²) in [6.07, 6.45) is 1.59. The molecule has 0 saturated carbocycles. The summed E-state index contributed by atoms with van der Waals surface area (Å²) in [6.45, 7) is 2.79. The predicted molar refractivity (Wildman–Crippen MR) is 93.7 cm³/mol. The minimum atomic E-state index is 0.547. The first kappa shape index (κ1) is 15.2. The summed E-state index contributed by atoms with van der Waals surface area (Å²) in [7, 11) is 0. The van der Waals surface area contributed by atoms with Crippen LogP contribution in [0.3, 0.4) is 0 Å². The zero-order chi connectivity index (χ0) is 16.1.